The molecule has 2 nitrogen and oxygen atoms in total. The zero-order valence-corrected chi connectivity index (χ0v) is 11.0. The maximum absolute atomic E-state index is 10.3. The molecule has 0 radical (unpaired) electrons. The molecule has 0 saturated carbocycles. The van der Waals surface area contributed by atoms with Crippen molar-refractivity contribution in [3.8, 4) is 5.75 Å². The fourth-order valence-electron chi connectivity index (χ4n) is 1.82. The van der Waals surface area contributed by atoms with Crippen LogP contribution in [0.2, 0.25) is 0 Å². The minimum absolute atomic E-state index is 0.236. The molecular weight excluding hydrogens is 244 g/mol. The Labute approximate surface area is 113 Å². The summed E-state index contributed by atoms with van der Waals surface area (Å²) in [6.45, 7) is 0. The van der Waals surface area contributed by atoms with Crippen LogP contribution >= 0.6 is 12.6 Å². The SMILES string of the molecule is COc1ccc([C@H](O)[C@@H](S)c2ccccc2)cc1. The average molecular weight is 260 g/mol. The van der Waals surface area contributed by atoms with Crippen LogP contribution in [0.25, 0.3) is 0 Å². The Bertz CT molecular complexity index is 482. The van der Waals surface area contributed by atoms with Gasteiger partial charge in [0.1, 0.15) is 5.75 Å². The molecule has 18 heavy (non-hydrogen) atoms. The van der Waals surface area contributed by atoms with Gasteiger partial charge in [-0.2, -0.15) is 12.6 Å². The Morgan fingerprint density at radius 2 is 1.56 bits per heavy atom. The van der Waals surface area contributed by atoms with Gasteiger partial charge in [0.15, 0.2) is 0 Å². The number of rotatable bonds is 4. The van der Waals surface area contributed by atoms with E-state index in [1.807, 2.05) is 54.6 Å². The number of hydrogen-bond acceptors (Lipinski definition) is 3. The molecule has 2 aromatic rings. The zero-order valence-electron chi connectivity index (χ0n) is 10.2. The zero-order chi connectivity index (χ0) is 13.0. The molecule has 0 aromatic heterocycles. The van der Waals surface area contributed by atoms with E-state index < -0.39 is 6.10 Å². The molecule has 0 bridgehead atoms. The molecule has 94 valence electrons. The third-order valence-electron chi connectivity index (χ3n) is 2.90. The van der Waals surface area contributed by atoms with Gasteiger partial charge < -0.3 is 9.84 Å². The minimum Gasteiger partial charge on any atom is -0.497 e. The van der Waals surface area contributed by atoms with Crippen LogP contribution in [0.5, 0.6) is 5.75 Å². The van der Waals surface area contributed by atoms with Gasteiger partial charge in [0.05, 0.1) is 18.5 Å². The Morgan fingerprint density at radius 3 is 2.11 bits per heavy atom. The maximum atomic E-state index is 10.3. The number of aliphatic hydroxyl groups excluding tert-OH is 1. The van der Waals surface area contributed by atoms with Gasteiger partial charge >= 0.3 is 0 Å². The first-order valence-electron chi connectivity index (χ1n) is 5.77. The lowest BCUT2D eigenvalue weighted by atomic mass is 10.0. The second-order valence-electron chi connectivity index (χ2n) is 4.07. The highest BCUT2D eigenvalue weighted by Crippen LogP contribution is 2.34. The van der Waals surface area contributed by atoms with E-state index in [-0.39, 0.29) is 5.25 Å². The Morgan fingerprint density at radius 1 is 0.944 bits per heavy atom. The highest BCUT2D eigenvalue weighted by atomic mass is 32.1. The summed E-state index contributed by atoms with van der Waals surface area (Å²) in [5.41, 5.74) is 1.84. The van der Waals surface area contributed by atoms with Crippen molar-refractivity contribution in [2.45, 2.75) is 11.4 Å². The van der Waals surface area contributed by atoms with Gasteiger partial charge in [-0.05, 0) is 23.3 Å². The highest BCUT2D eigenvalue weighted by molar-refractivity contribution is 7.80. The monoisotopic (exact) mass is 260 g/mol. The number of aliphatic hydroxyl groups is 1. The van der Waals surface area contributed by atoms with E-state index in [4.69, 9.17) is 4.74 Å². The number of hydrogen-bond donors (Lipinski definition) is 2. The molecule has 1 N–H and O–H groups in total. The normalized spacial score (nSPS) is 13.9. The van der Waals surface area contributed by atoms with Gasteiger partial charge in [0, 0.05) is 0 Å². The molecule has 2 aromatic carbocycles. The van der Waals surface area contributed by atoms with Crippen LogP contribution in [0.1, 0.15) is 22.5 Å². The fourth-order valence-corrected chi connectivity index (χ4v) is 2.16. The van der Waals surface area contributed by atoms with Crippen LogP contribution in [0.15, 0.2) is 54.6 Å². The third-order valence-corrected chi connectivity index (χ3v) is 3.48. The van der Waals surface area contributed by atoms with Crippen molar-refractivity contribution < 1.29 is 9.84 Å². The Balaban J connectivity index is 2.17. The second-order valence-corrected chi connectivity index (χ2v) is 4.63. The van der Waals surface area contributed by atoms with E-state index in [1.54, 1.807) is 7.11 Å². The van der Waals surface area contributed by atoms with Crippen LogP contribution in [0.3, 0.4) is 0 Å². The van der Waals surface area contributed by atoms with Gasteiger partial charge in [-0.25, -0.2) is 0 Å². The van der Waals surface area contributed by atoms with E-state index in [0.717, 1.165) is 16.9 Å². The molecule has 0 spiro atoms. The molecule has 0 aliphatic rings. The average Bonchev–Trinajstić information content (AvgIpc) is 2.47. The summed E-state index contributed by atoms with van der Waals surface area (Å²) >= 11 is 4.49. The van der Waals surface area contributed by atoms with Gasteiger partial charge in [-0.1, -0.05) is 42.5 Å². The first-order valence-corrected chi connectivity index (χ1v) is 6.29. The van der Waals surface area contributed by atoms with E-state index in [9.17, 15) is 5.11 Å². The Hall–Kier alpha value is -1.45. The van der Waals surface area contributed by atoms with Crippen molar-refractivity contribution in [2.75, 3.05) is 7.11 Å². The molecule has 0 heterocycles. The molecular formula is C15H16O2S. The summed E-state index contributed by atoms with van der Waals surface area (Å²) in [7, 11) is 1.62. The molecule has 0 aliphatic heterocycles. The lowest BCUT2D eigenvalue weighted by Gasteiger charge is -2.19. The minimum atomic E-state index is -0.637. The summed E-state index contributed by atoms with van der Waals surface area (Å²) in [6.07, 6.45) is -0.637. The molecule has 3 heteroatoms. The van der Waals surface area contributed by atoms with E-state index in [1.165, 1.54) is 0 Å². The van der Waals surface area contributed by atoms with Crippen molar-refractivity contribution in [2.24, 2.45) is 0 Å². The largest absolute Gasteiger partial charge is 0.497 e. The predicted octanol–water partition coefficient (Wildman–Crippen LogP) is 3.40. The van der Waals surface area contributed by atoms with Gasteiger partial charge in [-0.3, -0.25) is 0 Å². The molecule has 0 saturated heterocycles. The van der Waals surface area contributed by atoms with Crippen molar-refractivity contribution in [3.05, 3.63) is 65.7 Å². The molecule has 2 rings (SSSR count). The van der Waals surface area contributed by atoms with Crippen LogP contribution in [-0.2, 0) is 0 Å². The van der Waals surface area contributed by atoms with Crippen molar-refractivity contribution in [1.82, 2.24) is 0 Å². The number of benzene rings is 2. The van der Waals surface area contributed by atoms with Crippen molar-refractivity contribution in [1.29, 1.82) is 0 Å². The van der Waals surface area contributed by atoms with Crippen LogP contribution in [-0.4, -0.2) is 12.2 Å². The number of methoxy groups -OCH3 is 1. The molecule has 2 atom stereocenters. The standard InChI is InChI=1S/C15H16O2S/c1-17-13-9-7-11(8-10-13)14(16)15(18)12-5-3-2-4-6-12/h2-10,14-16,18H,1H3/t14-,15-/m0/s1. The Kier molecular flexibility index (Phi) is 4.28. The summed E-state index contributed by atoms with van der Waals surface area (Å²) in [4.78, 5) is 0. The first-order chi connectivity index (χ1) is 8.72. The maximum Gasteiger partial charge on any atom is 0.118 e. The van der Waals surface area contributed by atoms with Crippen molar-refractivity contribution in [3.63, 3.8) is 0 Å². The number of ether oxygens (including phenoxy) is 1. The number of thiol groups is 1. The fraction of sp³-hybridized carbons (Fsp3) is 0.200. The van der Waals surface area contributed by atoms with E-state index in [0.29, 0.717) is 0 Å². The van der Waals surface area contributed by atoms with Crippen LogP contribution in [0.4, 0.5) is 0 Å². The lowest BCUT2D eigenvalue weighted by molar-refractivity contribution is 0.175. The molecule has 0 amide bonds. The van der Waals surface area contributed by atoms with Gasteiger partial charge in [0.25, 0.3) is 0 Å². The van der Waals surface area contributed by atoms with E-state index in [2.05, 4.69) is 12.6 Å². The molecule has 0 aliphatic carbocycles. The summed E-state index contributed by atoms with van der Waals surface area (Å²) < 4.78 is 5.09. The first kappa shape index (κ1) is 13.0. The lowest BCUT2D eigenvalue weighted by Crippen LogP contribution is -2.05. The highest BCUT2D eigenvalue weighted by Gasteiger charge is 2.18. The summed E-state index contributed by atoms with van der Waals surface area (Å²) in [5, 5.41) is 10.1. The smallest absolute Gasteiger partial charge is 0.118 e. The van der Waals surface area contributed by atoms with Crippen LogP contribution < -0.4 is 4.74 Å². The second kappa shape index (κ2) is 5.94. The predicted molar refractivity (Wildman–Crippen MR) is 76.1 cm³/mol. The molecule has 0 fully saturated rings. The van der Waals surface area contributed by atoms with Crippen molar-refractivity contribution >= 4 is 12.6 Å². The quantitative estimate of drug-likeness (QED) is 0.825. The topological polar surface area (TPSA) is 29.5 Å². The van der Waals surface area contributed by atoms with Gasteiger partial charge in [-0.15, -0.1) is 0 Å². The van der Waals surface area contributed by atoms with E-state index >= 15 is 0 Å². The summed E-state index contributed by atoms with van der Waals surface area (Å²) in [6, 6.07) is 17.1. The molecule has 0 unspecified atom stereocenters. The van der Waals surface area contributed by atoms with Gasteiger partial charge in [0.2, 0.25) is 0 Å². The van der Waals surface area contributed by atoms with Crippen LogP contribution in [0, 0.1) is 0 Å². The third kappa shape index (κ3) is 2.86. The summed E-state index contributed by atoms with van der Waals surface area (Å²) in [5.74, 6) is 0.779.